The molecule has 1 fully saturated rings. The third-order valence-electron chi connectivity index (χ3n) is 4.56. The summed E-state index contributed by atoms with van der Waals surface area (Å²) in [6, 6.07) is 0.0872. The number of hydrogen-bond donors (Lipinski definition) is 1. The first-order valence-corrected chi connectivity index (χ1v) is 9.38. The molecule has 0 aromatic heterocycles. The van der Waals surface area contributed by atoms with E-state index in [1.807, 2.05) is 4.90 Å². The Balaban J connectivity index is 2.20. The number of rotatable bonds is 11. The molecular weight excluding hydrogens is 276 g/mol. The van der Waals surface area contributed by atoms with Crippen molar-refractivity contribution >= 4 is 6.03 Å². The highest BCUT2D eigenvalue weighted by Gasteiger charge is 2.16. The van der Waals surface area contributed by atoms with E-state index in [0.29, 0.717) is 13.2 Å². The molecule has 1 aliphatic heterocycles. The van der Waals surface area contributed by atoms with Crippen LogP contribution in [0.25, 0.3) is 0 Å². The Morgan fingerprint density at radius 1 is 1.00 bits per heavy atom. The van der Waals surface area contributed by atoms with E-state index in [4.69, 9.17) is 4.74 Å². The number of amides is 2. The van der Waals surface area contributed by atoms with Crippen LogP contribution in [0.4, 0.5) is 4.79 Å². The molecule has 1 aliphatic rings. The van der Waals surface area contributed by atoms with Crippen LogP contribution in [-0.4, -0.2) is 43.8 Å². The second-order valence-electron chi connectivity index (χ2n) is 6.48. The first-order valence-electron chi connectivity index (χ1n) is 9.38. The monoisotopic (exact) mass is 312 g/mol. The van der Waals surface area contributed by atoms with Crippen molar-refractivity contribution < 1.29 is 9.53 Å². The number of urea groups is 1. The minimum absolute atomic E-state index is 0.0872. The number of morpholine rings is 1. The Kier molecular flexibility index (Phi) is 11.2. The average molecular weight is 312 g/mol. The van der Waals surface area contributed by atoms with Crippen LogP contribution in [0.3, 0.4) is 0 Å². The Morgan fingerprint density at radius 3 is 2.14 bits per heavy atom. The Morgan fingerprint density at radius 2 is 1.59 bits per heavy atom. The van der Waals surface area contributed by atoms with Gasteiger partial charge in [0.25, 0.3) is 0 Å². The fourth-order valence-electron chi connectivity index (χ4n) is 3.06. The molecule has 0 saturated carbocycles. The third kappa shape index (κ3) is 8.62. The van der Waals surface area contributed by atoms with Crippen molar-refractivity contribution in [3.63, 3.8) is 0 Å². The fourth-order valence-corrected chi connectivity index (χ4v) is 3.06. The summed E-state index contributed by atoms with van der Waals surface area (Å²) in [5, 5.41) is 3.10. The highest BCUT2D eigenvalue weighted by Crippen LogP contribution is 2.20. The van der Waals surface area contributed by atoms with Gasteiger partial charge in [0.1, 0.15) is 0 Å². The van der Waals surface area contributed by atoms with Crippen molar-refractivity contribution in [1.82, 2.24) is 10.2 Å². The van der Waals surface area contributed by atoms with E-state index in [-0.39, 0.29) is 6.03 Å². The molecule has 0 aromatic rings. The van der Waals surface area contributed by atoms with Crippen LogP contribution in [-0.2, 0) is 4.74 Å². The van der Waals surface area contributed by atoms with Crippen molar-refractivity contribution in [3.05, 3.63) is 0 Å². The summed E-state index contributed by atoms with van der Waals surface area (Å²) in [4.78, 5) is 13.9. The molecule has 130 valence electrons. The molecule has 1 saturated heterocycles. The lowest BCUT2D eigenvalue weighted by molar-refractivity contribution is 0.0531. The summed E-state index contributed by atoms with van der Waals surface area (Å²) in [7, 11) is 0. The number of carbonyl (C=O) groups excluding carboxylic acids is 1. The molecule has 2 amide bonds. The normalized spacial score (nSPS) is 15.3. The standard InChI is InChI=1S/C18H36N2O2/c1-3-5-7-9-17(10-8-6-4-2)11-12-19-18(21)20-13-15-22-16-14-20/h17H,3-16H2,1-2H3,(H,19,21). The number of nitrogens with one attached hydrogen (secondary N) is 1. The van der Waals surface area contributed by atoms with Gasteiger partial charge in [-0.25, -0.2) is 4.79 Å². The number of unbranched alkanes of at least 4 members (excludes halogenated alkanes) is 4. The van der Waals surface area contributed by atoms with E-state index < -0.39 is 0 Å². The van der Waals surface area contributed by atoms with Crippen LogP contribution in [0.2, 0.25) is 0 Å². The third-order valence-corrected chi connectivity index (χ3v) is 4.56. The highest BCUT2D eigenvalue weighted by atomic mass is 16.5. The van der Waals surface area contributed by atoms with E-state index in [2.05, 4.69) is 19.2 Å². The zero-order valence-corrected chi connectivity index (χ0v) is 14.7. The summed E-state index contributed by atoms with van der Waals surface area (Å²) in [5.74, 6) is 0.781. The second-order valence-corrected chi connectivity index (χ2v) is 6.48. The second kappa shape index (κ2) is 12.7. The van der Waals surface area contributed by atoms with Crippen LogP contribution < -0.4 is 5.32 Å². The topological polar surface area (TPSA) is 41.6 Å². The van der Waals surface area contributed by atoms with Gasteiger partial charge in [-0.1, -0.05) is 65.2 Å². The Bertz CT molecular complexity index is 268. The lowest BCUT2D eigenvalue weighted by Gasteiger charge is -2.27. The molecule has 0 bridgehead atoms. The van der Waals surface area contributed by atoms with E-state index in [0.717, 1.165) is 32.0 Å². The van der Waals surface area contributed by atoms with Gasteiger partial charge in [0, 0.05) is 19.6 Å². The zero-order chi connectivity index (χ0) is 16.0. The largest absolute Gasteiger partial charge is 0.378 e. The van der Waals surface area contributed by atoms with E-state index >= 15 is 0 Å². The molecule has 0 aliphatic carbocycles. The van der Waals surface area contributed by atoms with Crippen LogP contribution in [0.1, 0.15) is 71.6 Å². The van der Waals surface area contributed by atoms with Gasteiger partial charge < -0.3 is 15.0 Å². The molecule has 1 rings (SSSR count). The van der Waals surface area contributed by atoms with E-state index in [9.17, 15) is 4.79 Å². The molecule has 4 heteroatoms. The van der Waals surface area contributed by atoms with Gasteiger partial charge >= 0.3 is 6.03 Å². The summed E-state index contributed by atoms with van der Waals surface area (Å²) < 4.78 is 5.28. The molecule has 0 unspecified atom stereocenters. The maximum atomic E-state index is 12.1. The van der Waals surface area contributed by atoms with Gasteiger partial charge in [-0.3, -0.25) is 0 Å². The van der Waals surface area contributed by atoms with Crippen molar-refractivity contribution in [2.75, 3.05) is 32.8 Å². The van der Waals surface area contributed by atoms with Crippen LogP contribution in [0, 0.1) is 5.92 Å². The van der Waals surface area contributed by atoms with Crippen LogP contribution in [0.15, 0.2) is 0 Å². The van der Waals surface area contributed by atoms with Gasteiger partial charge in [0.2, 0.25) is 0 Å². The lowest BCUT2D eigenvalue weighted by atomic mass is 9.92. The molecule has 0 aromatic carbocycles. The van der Waals surface area contributed by atoms with Gasteiger partial charge in [-0.2, -0.15) is 0 Å². The smallest absolute Gasteiger partial charge is 0.317 e. The van der Waals surface area contributed by atoms with Crippen molar-refractivity contribution in [2.24, 2.45) is 5.92 Å². The molecule has 22 heavy (non-hydrogen) atoms. The van der Waals surface area contributed by atoms with Gasteiger partial charge in [-0.15, -0.1) is 0 Å². The minimum atomic E-state index is 0.0872. The number of carbonyl (C=O) groups is 1. The predicted molar refractivity (Wildman–Crippen MR) is 92.2 cm³/mol. The maximum absolute atomic E-state index is 12.1. The first-order chi connectivity index (χ1) is 10.8. The van der Waals surface area contributed by atoms with E-state index in [1.165, 1.54) is 51.4 Å². The highest BCUT2D eigenvalue weighted by molar-refractivity contribution is 5.74. The van der Waals surface area contributed by atoms with Crippen LogP contribution >= 0.6 is 0 Å². The Labute approximate surface area is 137 Å². The molecular formula is C18H36N2O2. The molecule has 1 heterocycles. The molecule has 0 radical (unpaired) electrons. The van der Waals surface area contributed by atoms with Gasteiger partial charge in [-0.05, 0) is 12.3 Å². The summed E-state index contributed by atoms with van der Waals surface area (Å²) in [5.41, 5.74) is 0. The molecule has 1 N–H and O–H groups in total. The maximum Gasteiger partial charge on any atom is 0.317 e. The van der Waals surface area contributed by atoms with Crippen molar-refractivity contribution in [1.29, 1.82) is 0 Å². The average Bonchev–Trinajstić information content (AvgIpc) is 2.55. The van der Waals surface area contributed by atoms with Gasteiger partial charge in [0.05, 0.1) is 13.2 Å². The van der Waals surface area contributed by atoms with Crippen molar-refractivity contribution in [3.8, 4) is 0 Å². The summed E-state index contributed by atoms with van der Waals surface area (Å²) in [6.45, 7) is 8.13. The molecule has 0 atom stereocenters. The zero-order valence-electron chi connectivity index (χ0n) is 14.7. The Hall–Kier alpha value is -0.770. The number of hydrogen-bond acceptors (Lipinski definition) is 2. The SMILES string of the molecule is CCCCCC(CCCCC)CCNC(=O)N1CCOCC1. The fraction of sp³-hybridized carbons (Fsp3) is 0.944. The van der Waals surface area contributed by atoms with E-state index in [1.54, 1.807) is 0 Å². The molecule has 4 nitrogen and oxygen atoms in total. The number of nitrogens with zero attached hydrogens (tertiary/aromatic N) is 1. The first kappa shape index (κ1) is 19.3. The predicted octanol–water partition coefficient (Wildman–Crippen LogP) is 4.20. The lowest BCUT2D eigenvalue weighted by Crippen LogP contribution is -2.46. The van der Waals surface area contributed by atoms with Gasteiger partial charge in [0.15, 0.2) is 0 Å². The summed E-state index contributed by atoms with van der Waals surface area (Å²) in [6.07, 6.45) is 11.7. The number of ether oxygens (including phenoxy) is 1. The van der Waals surface area contributed by atoms with Crippen molar-refractivity contribution in [2.45, 2.75) is 71.6 Å². The minimum Gasteiger partial charge on any atom is -0.378 e. The van der Waals surface area contributed by atoms with Crippen LogP contribution in [0.5, 0.6) is 0 Å². The molecule has 0 spiro atoms. The quantitative estimate of drug-likeness (QED) is 0.581. The summed E-state index contributed by atoms with van der Waals surface area (Å²) >= 11 is 0.